The van der Waals surface area contributed by atoms with Crippen LogP contribution in [0.3, 0.4) is 0 Å². The molecule has 1 aromatic carbocycles. The predicted molar refractivity (Wildman–Crippen MR) is 61.1 cm³/mol. The number of nitrogens with one attached hydrogen (secondary N) is 1. The van der Waals surface area contributed by atoms with Gasteiger partial charge >= 0.3 is 0 Å². The highest BCUT2D eigenvalue weighted by atomic mass is 35.5. The summed E-state index contributed by atoms with van der Waals surface area (Å²) in [5.41, 5.74) is 3.03. The standard InChI is InChI=1S/C12H16ClN/c1-9(13)7-14-8-11-6-10-4-2-3-5-12(10)11/h2-5,9,11,14H,6-8H2,1H3. The van der Waals surface area contributed by atoms with Crippen LogP contribution in [0, 0.1) is 0 Å². The Hall–Kier alpha value is -0.530. The van der Waals surface area contributed by atoms with Crippen molar-refractivity contribution in [1.29, 1.82) is 0 Å². The third-order valence-electron chi connectivity index (χ3n) is 2.78. The summed E-state index contributed by atoms with van der Waals surface area (Å²) >= 11 is 5.86. The van der Waals surface area contributed by atoms with Gasteiger partial charge in [0.2, 0.25) is 0 Å². The Kier molecular flexibility index (Phi) is 3.09. The summed E-state index contributed by atoms with van der Waals surface area (Å²) in [6, 6.07) is 8.68. The number of fused-ring (bicyclic) bond motifs is 1. The molecule has 0 aliphatic heterocycles. The van der Waals surface area contributed by atoms with Crippen LogP contribution in [0.4, 0.5) is 0 Å². The molecule has 1 aliphatic carbocycles. The van der Waals surface area contributed by atoms with Crippen molar-refractivity contribution in [1.82, 2.24) is 5.32 Å². The first-order chi connectivity index (χ1) is 6.77. The highest BCUT2D eigenvalue weighted by Gasteiger charge is 2.24. The van der Waals surface area contributed by atoms with Crippen LogP contribution in [-0.4, -0.2) is 18.5 Å². The Bertz CT molecular complexity index is 309. The van der Waals surface area contributed by atoms with Crippen LogP contribution in [0.5, 0.6) is 0 Å². The molecule has 14 heavy (non-hydrogen) atoms. The van der Waals surface area contributed by atoms with E-state index in [1.165, 1.54) is 17.5 Å². The SMILES string of the molecule is CC(Cl)CNCC1Cc2ccccc21. The monoisotopic (exact) mass is 209 g/mol. The van der Waals surface area contributed by atoms with E-state index >= 15 is 0 Å². The molecule has 2 unspecified atom stereocenters. The van der Waals surface area contributed by atoms with E-state index in [-0.39, 0.29) is 5.38 Å². The highest BCUT2D eigenvalue weighted by molar-refractivity contribution is 6.20. The lowest BCUT2D eigenvalue weighted by molar-refractivity contribution is 0.536. The fourth-order valence-corrected chi connectivity index (χ4v) is 2.11. The Morgan fingerprint density at radius 1 is 1.50 bits per heavy atom. The zero-order valence-electron chi connectivity index (χ0n) is 8.46. The summed E-state index contributed by atoms with van der Waals surface area (Å²) < 4.78 is 0. The number of hydrogen-bond acceptors (Lipinski definition) is 1. The Morgan fingerprint density at radius 3 is 3.00 bits per heavy atom. The largest absolute Gasteiger partial charge is 0.315 e. The number of halogens is 1. The van der Waals surface area contributed by atoms with Crippen LogP contribution in [0.2, 0.25) is 0 Å². The fraction of sp³-hybridized carbons (Fsp3) is 0.500. The number of benzene rings is 1. The van der Waals surface area contributed by atoms with Gasteiger partial charge in [0.15, 0.2) is 0 Å². The molecule has 1 N–H and O–H groups in total. The quantitative estimate of drug-likeness (QED) is 0.752. The predicted octanol–water partition coefficient (Wildman–Crippen LogP) is 2.54. The van der Waals surface area contributed by atoms with E-state index in [2.05, 4.69) is 29.6 Å². The second kappa shape index (κ2) is 4.33. The van der Waals surface area contributed by atoms with Crippen molar-refractivity contribution >= 4 is 11.6 Å². The van der Waals surface area contributed by atoms with Crippen molar-refractivity contribution in [2.45, 2.75) is 24.6 Å². The highest BCUT2D eigenvalue weighted by Crippen LogP contribution is 2.33. The van der Waals surface area contributed by atoms with Crippen LogP contribution in [0.25, 0.3) is 0 Å². The summed E-state index contributed by atoms with van der Waals surface area (Å²) in [7, 11) is 0. The molecule has 0 bridgehead atoms. The van der Waals surface area contributed by atoms with Crippen LogP contribution >= 0.6 is 11.6 Å². The van der Waals surface area contributed by atoms with E-state index < -0.39 is 0 Å². The van der Waals surface area contributed by atoms with Crippen molar-refractivity contribution in [3.05, 3.63) is 35.4 Å². The second-order valence-corrected chi connectivity index (χ2v) is 4.78. The van der Waals surface area contributed by atoms with Gasteiger partial charge in [-0.25, -0.2) is 0 Å². The Labute approximate surface area is 90.5 Å². The molecule has 0 spiro atoms. The van der Waals surface area contributed by atoms with Crippen LogP contribution in [0.1, 0.15) is 24.0 Å². The minimum atomic E-state index is 0.227. The van der Waals surface area contributed by atoms with Crippen molar-refractivity contribution in [3.63, 3.8) is 0 Å². The molecule has 0 amide bonds. The van der Waals surface area contributed by atoms with Crippen LogP contribution in [-0.2, 0) is 6.42 Å². The normalized spacial score (nSPS) is 21.1. The maximum atomic E-state index is 5.86. The van der Waals surface area contributed by atoms with Gasteiger partial charge in [-0.2, -0.15) is 0 Å². The average Bonchev–Trinajstić information content (AvgIpc) is 2.12. The number of rotatable bonds is 4. The van der Waals surface area contributed by atoms with E-state index in [9.17, 15) is 0 Å². The number of alkyl halides is 1. The van der Waals surface area contributed by atoms with Gasteiger partial charge in [-0.1, -0.05) is 24.3 Å². The average molecular weight is 210 g/mol. The van der Waals surface area contributed by atoms with Crippen molar-refractivity contribution < 1.29 is 0 Å². The zero-order valence-corrected chi connectivity index (χ0v) is 9.22. The molecule has 0 saturated heterocycles. The third-order valence-corrected chi connectivity index (χ3v) is 2.93. The second-order valence-electron chi connectivity index (χ2n) is 4.04. The van der Waals surface area contributed by atoms with E-state index in [1.54, 1.807) is 0 Å². The van der Waals surface area contributed by atoms with Crippen molar-refractivity contribution in [2.24, 2.45) is 0 Å². The molecule has 0 heterocycles. The first-order valence-electron chi connectivity index (χ1n) is 5.20. The van der Waals surface area contributed by atoms with Gasteiger partial charge in [0.1, 0.15) is 0 Å². The van der Waals surface area contributed by atoms with Crippen molar-refractivity contribution in [3.8, 4) is 0 Å². The molecule has 1 aromatic rings. The smallest absolute Gasteiger partial charge is 0.0432 e. The molecular formula is C12H16ClN. The van der Waals surface area contributed by atoms with Gasteiger partial charge in [-0.15, -0.1) is 11.6 Å². The summed E-state index contributed by atoms with van der Waals surface area (Å²) in [5, 5.41) is 3.62. The first-order valence-corrected chi connectivity index (χ1v) is 5.63. The lowest BCUT2D eigenvalue weighted by Crippen LogP contribution is -2.31. The summed E-state index contributed by atoms with van der Waals surface area (Å²) in [5.74, 6) is 0.710. The van der Waals surface area contributed by atoms with Crippen LogP contribution < -0.4 is 5.32 Å². The molecule has 0 saturated carbocycles. The Morgan fingerprint density at radius 2 is 2.29 bits per heavy atom. The van der Waals surface area contributed by atoms with Gasteiger partial charge < -0.3 is 5.32 Å². The molecule has 2 rings (SSSR count). The van der Waals surface area contributed by atoms with Crippen LogP contribution in [0.15, 0.2) is 24.3 Å². The molecular weight excluding hydrogens is 194 g/mol. The molecule has 1 aliphatic rings. The lowest BCUT2D eigenvalue weighted by atomic mass is 9.77. The summed E-state index contributed by atoms with van der Waals surface area (Å²) in [6.07, 6.45) is 1.22. The fourth-order valence-electron chi connectivity index (χ4n) is 2.00. The van der Waals surface area contributed by atoms with E-state index in [4.69, 9.17) is 11.6 Å². The summed E-state index contributed by atoms with van der Waals surface area (Å²) in [6.45, 7) is 3.98. The van der Waals surface area contributed by atoms with Gasteiger partial charge in [-0.05, 0) is 24.5 Å². The van der Waals surface area contributed by atoms with E-state index in [0.717, 1.165) is 13.1 Å². The minimum Gasteiger partial charge on any atom is -0.315 e. The molecule has 0 fully saturated rings. The van der Waals surface area contributed by atoms with E-state index in [0.29, 0.717) is 5.92 Å². The number of hydrogen-bond donors (Lipinski definition) is 1. The Balaban J connectivity index is 1.81. The minimum absolute atomic E-state index is 0.227. The van der Waals surface area contributed by atoms with Crippen molar-refractivity contribution in [2.75, 3.05) is 13.1 Å². The molecule has 1 nitrogen and oxygen atoms in total. The zero-order chi connectivity index (χ0) is 9.97. The molecule has 0 aromatic heterocycles. The molecule has 2 heteroatoms. The lowest BCUT2D eigenvalue weighted by Gasteiger charge is -2.30. The third kappa shape index (κ3) is 2.10. The molecule has 0 radical (unpaired) electrons. The van der Waals surface area contributed by atoms with Gasteiger partial charge in [-0.3, -0.25) is 0 Å². The van der Waals surface area contributed by atoms with Gasteiger partial charge in [0.05, 0.1) is 0 Å². The molecule has 76 valence electrons. The van der Waals surface area contributed by atoms with Gasteiger partial charge in [0.25, 0.3) is 0 Å². The summed E-state index contributed by atoms with van der Waals surface area (Å²) in [4.78, 5) is 0. The topological polar surface area (TPSA) is 12.0 Å². The molecule has 2 atom stereocenters. The van der Waals surface area contributed by atoms with E-state index in [1.807, 2.05) is 6.92 Å². The maximum Gasteiger partial charge on any atom is 0.0432 e. The van der Waals surface area contributed by atoms with Gasteiger partial charge in [0, 0.05) is 24.4 Å². The first kappa shape index (κ1) is 10.0. The maximum absolute atomic E-state index is 5.86.